The highest BCUT2D eigenvalue weighted by atomic mass is 35.5. The van der Waals surface area contributed by atoms with Crippen molar-refractivity contribution in [2.24, 2.45) is 5.92 Å². The molecular formula is C23H29ClN6O5S. The topological polar surface area (TPSA) is 130 Å². The molecule has 0 aliphatic heterocycles. The normalized spacial score (nSPS) is 19.3. The molecule has 1 aliphatic carbocycles. The number of sulfonamides is 1. The van der Waals surface area contributed by atoms with E-state index in [2.05, 4.69) is 31.8 Å². The van der Waals surface area contributed by atoms with Crippen LogP contribution in [0.15, 0.2) is 30.6 Å². The van der Waals surface area contributed by atoms with Gasteiger partial charge in [-0.2, -0.15) is 0 Å². The maximum absolute atomic E-state index is 13.5. The third kappa shape index (κ3) is 4.97. The molecule has 3 aromatic rings. The Morgan fingerprint density at radius 3 is 2.22 bits per heavy atom. The van der Waals surface area contributed by atoms with Crippen LogP contribution in [0.25, 0.3) is 5.69 Å². The number of anilines is 1. The summed E-state index contributed by atoms with van der Waals surface area (Å²) < 4.78 is 48.0. The number of ether oxygens (including phenoxy) is 3. The van der Waals surface area contributed by atoms with Crippen LogP contribution >= 0.6 is 11.6 Å². The van der Waals surface area contributed by atoms with Gasteiger partial charge in [-0.1, -0.05) is 24.6 Å². The third-order valence-corrected chi connectivity index (χ3v) is 8.24. The van der Waals surface area contributed by atoms with E-state index in [4.69, 9.17) is 25.8 Å². The van der Waals surface area contributed by atoms with E-state index in [-0.39, 0.29) is 17.7 Å². The first-order chi connectivity index (χ1) is 17.2. The highest BCUT2D eigenvalue weighted by molar-refractivity contribution is 7.93. The van der Waals surface area contributed by atoms with Crippen LogP contribution in [-0.4, -0.2) is 59.7 Å². The van der Waals surface area contributed by atoms with E-state index in [9.17, 15) is 8.42 Å². The molecule has 1 N–H and O–H groups in total. The lowest BCUT2D eigenvalue weighted by atomic mass is 9.75. The maximum atomic E-state index is 13.5. The van der Waals surface area contributed by atoms with Gasteiger partial charge in [-0.25, -0.2) is 18.4 Å². The molecule has 0 unspecified atom stereocenters. The van der Waals surface area contributed by atoms with Crippen molar-refractivity contribution in [2.45, 2.75) is 44.0 Å². The Morgan fingerprint density at radius 2 is 1.69 bits per heavy atom. The van der Waals surface area contributed by atoms with Crippen LogP contribution in [0.1, 0.15) is 50.4 Å². The first kappa shape index (κ1) is 26.1. The van der Waals surface area contributed by atoms with Crippen molar-refractivity contribution in [3.63, 3.8) is 0 Å². The zero-order valence-corrected chi connectivity index (χ0v) is 22.2. The number of hydrogen-bond acceptors (Lipinski definition) is 9. The summed E-state index contributed by atoms with van der Waals surface area (Å²) >= 11 is 5.88. The SMILES string of the molecule is COc1cccc(OC)c1-n1c(NS(=O)(=O)[C@@H](C)[C@H](OC)c2ncc(Cl)cn2)nnc1[C@H]1C[C@H](C)C1. The molecule has 0 bridgehead atoms. The highest BCUT2D eigenvalue weighted by Gasteiger charge is 2.37. The Hall–Kier alpha value is -2.96. The van der Waals surface area contributed by atoms with Gasteiger partial charge in [-0.3, -0.25) is 9.29 Å². The van der Waals surface area contributed by atoms with Gasteiger partial charge in [0.2, 0.25) is 16.0 Å². The molecule has 2 aromatic heterocycles. The number of aromatic nitrogens is 5. The summed E-state index contributed by atoms with van der Waals surface area (Å²) in [4.78, 5) is 8.26. The van der Waals surface area contributed by atoms with Crippen molar-refractivity contribution in [1.29, 1.82) is 0 Å². The van der Waals surface area contributed by atoms with Crippen LogP contribution < -0.4 is 14.2 Å². The molecule has 194 valence electrons. The number of rotatable bonds is 10. The predicted molar refractivity (Wildman–Crippen MR) is 134 cm³/mol. The molecule has 4 rings (SSSR count). The van der Waals surface area contributed by atoms with Crippen molar-refractivity contribution in [3.8, 4) is 17.2 Å². The zero-order chi connectivity index (χ0) is 26.0. The molecule has 0 saturated heterocycles. The number of nitrogens with one attached hydrogen (secondary N) is 1. The standard InChI is InChI=1S/C23H29ClN6O5S/c1-13-9-15(10-13)22-27-28-23(30(22)19-17(33-3)7-6-8-18(19)34-4)29-36(31,32)14(2)20(35-5)21-25-11-16(24)12-26-21/h6-8,11-15,20H,9-10H2,1-5H3,(H,28,29)/t13-,14-,15-,20-/m0/s1. The largest absolute Gasteiger partial charge is 0.494 e. The second-order valence-electron chi connectivity index (χ2n) is 8.77. The lowest BCUT2D eigenvalue weighted by molar-refractivity contribution is 0.0950. The molecule has 11 nitrogen and oxygen atoms in total. The fourth-order valence-electron chi connectivity index (χ4n) is 4.37. The van der Waals surface area contributed by atoms with Gasteiger partial charge in [0.15, 0.2) is 5.82 Å². The molecule has 13 heteroatoms. The van der Waals surface area contributed by atoms with Crippen molar-refractivity contribution in [3.05, 3.63) is 47.3 Å². The molecule has 1 aromatic carbocycles. The highest BCUT2D eigenvalue weighted by Crippen LogP contribution is 2.44. The summed E-state index contributed by atoms with van der Waals surface area (Å²) in [7, 11) is 0.411. The van der Waals surface area contributed by atoms with Crippen LogP contribution in [0.2, 0.25) is 5.02 Å². The van der Waals surface area contributed by atoms with Gasteiger partial charge in [-0.15, -0.1) is 10.2 Å². The molecule has 0 amide bonds. The molecule has 2 heterocycles. The van der Waals surface area contributed by atoms with Crippen molar-refractivity contribution >= 4 is 27.6 Å². The van der Waals surface area contributed by atoms with Crippen LogP contribution in [0, 0.1) is 5.92 Å². The summed E-state index contributed by atoms with van der Waals surface area (Å²) in [5.74, 6) is 2.48. The summed E-state index contributed by atoms with van der Waals surface area (Å²) in [6.07, 6.45) is 3.65. The Labute approximate surface area is 215 Å². The molecular weight excluding hydrogens is 508 g/mol. The molecule has 0 radical (unpaired) electrons. The monoisotopic (exact) mass is 536 g/mol. The quantitative estimate of drug-likeness (QED) is 0.411. The Balaban J connectivity index is 1.76. The maximum Gasteiger partial charge on any atom is 0.243 e. The van der Waals surface area contributed by atoms with E-state index in [1.807, 2.05) is 0 Å². The van der Waals surface area contributed by atoms with E-state index in [1.54, 1.807) is 22.8 Å². The van der Waals surface area contributed by atoms with Gasteiger partial charge >= 0.3 is 0 Å². The fraction of sp³-hybridized carbons (Fsp3) is 0.478. The number of nitrogens with zero attached hydrogens (tertiary/aromatic N) is 5. The first-order valence-corrected chi connectivity index (χ1v) is 13.3. The smallest absolute Gasteiger partial charge is 0.243 e. The average molecular weight is 537 g/mol. The van der Waals surface area contributed by atoms with E-state index < -0.39 is 21.4 Å². The van der Waals surface area contributed by atoms with Crippen LogP contribution in [0.3, 0.4) is 0 Å². The zero-order valence-electron chi connectivity index (χ0n) is 20.7. The molecule has 0 spiro atoms. The van der Waals surface area contributed by atoms with E-state index in [0.717, 1.165) is 12.8 Å². The summed E-state index contributed by atoms with van der Waals surface area (Å²) in [5, 5.41) is 7.86. The predicted octanol–water partition coefficient (Wildman–Crippen LogP) is 3.76. The van der Waals surface area contributed by atoms with Gasteiger partial charge in [0.1, 0.15) is 34.4 Å². The van der Waals surface area contributed by atoms with Gasteiger partial charge in [0.25, 0.3) is 0 Å². The minimum atomic E-state index is -4.06. The van der Waals surface area contributed by atoms with Crippen LogP contribution in [0.4, 0.5) is 5.95 Å². The number of benzene rings is 1. The third-order valence-electron chi connectivity index (χ3n) is 6.35. The number of hydrogen-bond donors (Lipinski definition) is 1. The summed E-state index contributed by atoms with van der Waals surface area (Å²) in [6, 6.07) is 5.33. The lowest BCUT2D eigenvalue weighted by Crippen LogP contribution is -2.33. The van der Waals surface area contributed by atoms with Crippen molar-refractivity contribution in [2.75, 3.05) is 26.1 Å². The Bertz CT molecular complexity index is 1290. The van der Waals surface area contributed by atoms with Gasteiger partial charge in [-0.05, 0) is 37.8 Å². The van der Waals surface area contributed by atoms with Crippen molar-refractivity contribution < 1.29 is 22.6 Å². The van der Waals surface area contributed by atoms with Gasteiger partial charge in [0.05, 0.1) is 19.2 Å². The molecule has 1 fully saturated rings. The molecule has 1 saturated carbocycles. The van der Waals surface area contributed by atoms with Crippen LogP contribution in [-0.2, 0) is 14.8 Å². The second-order valence-corrected chi connectivity index (χ2v) is 11.2. The molecule has 2 atom stereocenters. The summed E-state index contributed by atoms with van der Waals surface area (Å²) in [6.45, 7) is 3.67. The minimum absolute atomic E-state index is 0.0195. The Morgan fingerprint density at radius 1 is 1.08 bits per heavy atom. The van der Waals surface area contributed by atoms with E-state index in [1.165, 1.54) is 40.6 Å². The van der Waals surface area contributed by atoms with E-state index in [0.29, 0.717) is 34.0 Å². The second kappa shape index (κ2) is 10.6. The van der Waals surface area contributed by atoms with Gasteiger partial charge < -0.3 is 14.2 Å². The lowest BCUT2D eigenvalue weighted by Gasteiger charge is -2.32. The number of methoxy groups -OCH3 is 3. The van der Waals surface area contributed by atoms with E-state index >= 15 is 0 Å². The Kier molecular flexibility index (Phi) is 7.67. The van der Waals surface area contributed by atoms with Gasteiger partial charge in [0, 0.05) is 25.4 Å². The number of halogens is 1. The average Bonchev–Trinajstić information content (AvgIpc) is 3.24. The minimum Gasteiger partial charge on any atom is -0.494 e. The summed E-state index contributed by atoms with van der Waals surface area (Å²) in [5.41, 5.74) is 0.511. The van der Waals surface area contributed by atoms with Crippen molar-refractivity contribution in [1.82, 2.24) is 24.7 Å². The molecule has 1 aliphatic rings. The first-order valence-electron chi connectivity index (χ1n) is 11.4. The number of para-hydroxylation sites is 1. The van der Waals surface area contributed by atoms with Crippen LogP contribution in [0.5, 0.6) is 11.5 Å². The molecule has 36 heavy (non-hydrogen) atoms. The fourth-order valence-corrected chi connectivity index (χ4v) is 5.60.